The van der Waals surface area contributed by atoms with E-state index in [1.165, 1.54) is 39.8 Å². The standard InChI is InChI=1S/C28H36O8/c1-7-9-11-13-18(29)17-15-25(4,34)28(35)26(5,24(17)33)22-20(19(30)14-12-10-8-2)21(31)16(3)23(32)27(22,6)36-28/h7-10,12,14,17,22,30-31,34-35H,11,13,15H2,1-6H3/t17?,22-,25+,26-,27+,28+/m1/s1. The second kappa shape index (κ2) is 9.25. The number of fused-ring (bicyclic) bond motifs is 3. The molecule has 8 nitrogen and oxygen atoms in total. The molecule has 36 heavy (non-hydrogen) atoms. The van der Waals surface area contributed by atoms with Crippen molar-refractivity contribution in [2.75, 3.05) is 0 Å². The van der Waals surface area contributed by atoms with Crippen LogP contribution in [-0.4, -0.2) is 54.8 Å². The fraction of sp³-hybridized carbons (Fsp3) is 0.536. The highest BCUT2D eigenvalue weighted by molar-refractivity contribution is 6.10. The molecule has 8 heteroatoms. The summed E-state index contributed by atoms with van der Waals surface area (Å²) in [7, 11) is 0. The largest absolute Gasteiger partial charge is 0.508 e. The van der Waals surface area contributed by atoms with Crippen LogP contribution in [0.2, 0.25) is 0 Å². The molecule has 3 rings (SSSR count). The first-order chi connectivity index (χ1) is 16.7. The highest BCUT2D eigenvalue weighted by atomic mass is 16.7. The molecule has 0 spiro atoms. The van der Waals surface area contributed by atoms with Gasteiger partial charge in [-0.1, -0.05) is 30.4 Å². The van der Waals surface area contributed by atoms with Gasteiger partial charge in [0.2, 0.25) is 5.79 Å². The Morgan fingerprint density at radius 1 is 1.11 bits per heavy atom. The molecule has 0 aromatic heterocycles. The fourth-order valence-electron chi connectivity index (χ4n) is 6.19. The Labute approximate surface area is 211 Å². The van der Waals surface area contributed by atoms with E-state index in [4.69, 9.17) is 4.74 Å². The second-order valence-corrected chi connectivity index (χ2v) is 10.4. The zero-order chi connectivity index (χ0) is 27.3. The van der Waals surface area contributed by atoms with Gasteiger partial charge in [0.1, 0.15) is 28.5 Å². The molecule has 0 bridgehead atoms. The number of allylic oxidation sites excluding steroid dienone is 7. The average Bonchev–Trinajstić information content (AvgIpc) is 3.01. The lowest BCUT2D eigenvalue weighted by atomic mass is 9.51. The summed E-state index contributed by atoms with van der Waals surface area (Å²) in [6, 6.07) is 0. The van der Waals surface area contributed by atoms with Crippen LogP contribution in [0.4, 0.5) is 0 Å². The Hall–Kier alpha value is -2.81. The van der Waals surface area contributed by atoms with Gasteiger partial charge in [-0.15, -0.1) is 0 Å². The van der Waals surface area contributed by atoms with Crippen LogP contribution in [0.3, 0.4) is 0 Å². The van der Waals surface area contributed by atoms with E-state index in [1.54, 1.807) is 31.2 Å². The summed E-state index contributed by atoms with van der Waals surface area (Å²) in [5.41, 5.74) is -6.37. The molecule has 2 fully saturated rings. The second-order valence-electron chi connectivity index (χ2n) is 10.4. The molecule has 0 aromatic rings. The summed E-state index contributed by atoms with van der Waals surface area (Å²) in [6.45, 7) is 8.90. The molecule has 4 N–H and O–H groups in total. The Morgan fingerprint density at radius 3 is 2.33 bits per heavy atom. The van der Waals surface area contributed by atoms with Gasteiger partial charge in [-0.25, -0.2) is 0 Å². The number of carbonyl (C=O) groups excluding carboxylic acids is 3. The maximum atomic E-state index is 14.1. The average molecular weight is 501 g/mol. The van der Waals surface area contributed by atoms with E-state index in [9.17, 15) is 34.8 Å². The fourth-order valence-corrected chi connectivity index (χ4v) is 6.19. The van der Waals surface area contributed by atoms with E-state index in [2.05, 4.69) is 0 Å². The van der Waals surface area contributed by atoms with E-state index in [-0.39, 0.29) is 17.6 Å². The third-order valence-electron chi connectivity index (χ3n) is 8.06. The normalized spacial score (nSPS) is 40.4. The van der Waals surface area contributed by atoms with Gasteiger partial charge in [0.15, 0.2) is 11.6 Å². The molecule has 0 radical (unpaired) electrons. The Kier molecular flexibility index (Phi) is 7.13. The molecule has 196 valence electrons. The van der Waals surface area contributed by atoms with Crippen LogP contribution in [-0.2, 0) is 19.1 Å². The first-order valence-corrected chi connectivity index (χ1v) is 12.2. The number of ether oxygens (including phenoxy) is 1. The number of Topliss-reactive ketones (excluding diaryl/α,β-unsaturated/α-hetero) is 3. The minimum atomic E-state index is -2.59. The van der Waals surface area contributed by atoms with Crippen molar-refractivity contribution in [3.05, 3.63) is 59.1 Å². The molecule has 2 aliphatic carbocycles. The van der Waals surface area contributed by atoms with E-state index in [0.717, 1.165) is 0 Å². The zero-order valence-electron chi connectivity index (χ0n) is 21.7. The summed E-state index contributed by atoms with van der Waals surface area (Å²) in [6.07, 6.45) is 9.79. The third kappa shape index (κ3) is 3.66. The number of hydrogen-bond donors (Lipinski definition) is 4. The Bertz CT molecular complexity index is 1140. The molecule has 1 heterocycles. The van der Waals surface area contributed by atoms with Gasteiger partial charge in [-0.2, -0.15) is 0 Å². The molecular formula is C28H36O8. The quantitative estimate of drug-likeness (QED) is 0.187. The van der Waals surface area contributed by atoms with Crippen LogP contribution < -0.4 is 0 Å². The Balaban J connectivity index is 2.30. The van der Waals surface area contributed by atoms with Crippen molar-refractivity contribution in [2.24, 2.45) is 17.3 Å². The zero-order valence-corrected chi connectivity index (χ0v) is 21.7. The van der Waals surface area contributed by atoms with Gasteiger partial charge in [0, 0.05) is 23.5 Å². The topological polar surface area (TPSA) is 141 Å². The molecule has 6 atom stereocenters. The number of aliphatic hydroxyl groups is 4. The molecule has 3 aliphatic rings. The monoisotopic (exact) mass is 500 g/mol. The van der Waals surface area contributed by atoms with Gasteiger partial charge in [-0.05, 0) is 60.5 Å². The summed E-state index contributed by atoms with van der Waals surface area (Å²) >= 11 is 0. The maximum absolute atomic E-state index is 14.1. The lowest BCUT2D eigenvalue weighted by Crippen LogP contribution is -2.70. The van der Waals surface area contributed by atoms with Crippen LogP contribution >= 0.6 is 0 Å². The van der Waals surface area contributed by atoms with Crippen molar-refractivity contribution in [1.29, 1.82) is 0 Å². The number of ketones is 3. The number of carbonyl (C=O) groups is 3. The van der Waals surface area contributed by atoms with Gasteiger partial charge < -0.3 is 25.2 Å². The van der Waals surface area contributed by atoms with Gasteiger partial charge >= 0.3 is 0 Å². The van der Waals surface area contributed by atoms with E-state index in [0.29, 0.717) is 6.42 Å². The van der Waals surface area contributed by atoms with Gasteiger partial charge in [-0.3, -0.25) is 14.4 Å². The van der Waals surface area contributed by atoms with Crippen LogP contribution in [0.15, 0.2) is 59.1 Å². The minimum Gasteiger partial charge on any atom is -0.508 e. The predicted molar refractivity (Wildman–Crippen MR) is 133 cm³/mol. The van der Waals surface area contributed by atoms with Crippen LogP contribution in [0.25, 0.3) is 0 Å². The van der Waals surface area contributed by atoms with E-state index < -0.39 is 69.5 Å². The van der Waals surface area contributed by atoms with Gasteiger partial charge in [0.25, 0.3) is 0 Å². The van der Waals surface area contributed by atoms with Crippen LogP contribution in [0.1, 0.15) is 60.8 Å². The third-order valence-corrected chi connectivity index (χ3v) is 8.06. The minimum absolute atomic E-state index is 0.0529. The smallest absolute Gasteiger partial charge is 0.209 e. The molecule has 1 unspecified atom stereocenters. The van der Waals surface area contributed by atoms with Crippen molar-refractivity contribution in [2.45, 2.75) is 77.8 Å². The highest BCUT2D eigenvalue weighted by Crippen LogP contribution is 2.67. The van der Waals surface area contributed by atoms with Crippen LogP contribution in [0, 0.1) is 17.3 Å². The molecule has 0 aromatic carbocycles. The maximum Gasteiger partial charge on any atom is 0.209 e. The van der Waals surface area contributed by atoms with Crippen molar-refractivity contribution >= 4 is 17.3 Å². The lowest BCUT2D eigenvalue weighted by molar-refractivity contribution is -0.333. The first kappa shape index (κ1) is 27.8. The number of rotatable bonds is 6. The molecule has 1 aliphatic heterocycles. The SMILES string of the molecule is CC=CC=CC(O)=C1C(O)=C(C)C(=O)[C@@]2(C)O[C@@]3(O)[C@@](C)(O)CC(C(=O)CCC=CC)C(=O)[C@@]3(C)[C@@H]12. The summed E-state index contributed by atoms with van der Waals surface area (Å²) in [4.78, 5) is 40.7. The van der Waals surface area contributed by atoms with E-state index >= 15 is 0 Å². The summed E-state index contributed by atoms with van der Waals surface area (Å²) in [5, 5.41) is 45.4. The molecule has 1 saturated carbocycles. The lowest BCUT2D eigenvalue weighted by Gasteiger charge is -2.53. The van der Waals surface area contributed by atoms with Crippen molar-refractivity contribution in [3.63, 3.8) is 0 Å². The Morgan fingerprint density at radius 2 is 1.75 bits per heavy atom. The molecule has 1 saturated heterocycles. The molecular weight excluding hydrogens is 464 g/mol. The van der Waals surface area contributed by atoms with Crippen molar-refractivity contribution in [1.82, 2.24) is 0 Å². The van der Waals surface area contributed by atoms with Crippen LogP contribution in [0.5, 0.6) is 0 Å². The molecule has 0 amide bonds. The van der Waals surface area contributed by atoms with Crippen molar-refractivity contribution in [3.8, 4) is 0 Å². The summed E-state index contributed by atoms with van der Waals surface area (Å²) < 4.78 is 5.98. The summed E-state index contributed by atoms with van der Waals surface area (Å²) in [5.74, 6) is -8.03. The highest BCUT2D eigenvalue weighted by Gasteiger charge is 2.82. The number of hydrogen-bond acceptors (Lipinski definition) is 8. The predicted octanol–water partition coefficient (Wildman–Crippen LogP) is 3.71. The first-order valence-electron chi connectivity index (χ1n) is 12.2. The number of aliphatic hydroxyl groups excluding tert-OH is 2. The van der Waals surface area contributed by atoms with Crippen molar-refractivity contribution < 1.29 is 39.5 Å². The van der Waals surface area contributed by atoms with Gasteiger partial charge in [0.05, 0.1) is 11.3 Å². The van der Waals surface area contributed by atoms with E-state index in [1.807, 2.05) is 6.92 Å².